The van der Waals surface area contributed by atoms with Crippen LogP contribution >= 0.6 is 11.6 Å². The summed E-state index contributed by atoms with van der Waals surface area (Å²) >= 11 is 5.68. The van der Waals surface area contributed by atoms with Crippen LogP contribution in [0.1, 0.15) is 53.9 Å². The maximum absolute atomic E-state index is 12.9. The molecule has 1 heterocycles. The normalized spacial score (nSPS) is 19.6. The van der Waals surface area contributed by atoms with E-state index in [1.54, 1.807) is 0 Å². The fraction of sp³-hybridized carbons (Fsp3) is 0.762. The number of nitrogens with two attached hydrogens (primary N) is 1. The molecule has 0 bridgehead atoms. The molecule has 1 fully saturated rings. The molecule has 1 aliphatic rings. The van der Waals surface area contributed by atoms with Crippen LogP contribution in [0.5, 0.6) is 0 Å². The monoisotopic (exact) mass is 473 g/mol. The molecular formula is C21H36ClN5O5. The summed E-state index contributed by atoms with van der Waals surface area (Å²) in [6.07, 6.45) is 1.54. The molecule has 32 heavy (non-hydrogen) atoms. The number of alkyl halides is 1. The summed E-state index contributed by atoms with van der Waals surface area (Å²) in [5.41, 5.74) is 5.48. The van der Waals surface area contributed by atoms with E-state index in [-0.39, 0.29) is 17.6 Å². The van der Waals surface area contributed by atoms with Gasteiger partial charge in [-0.3, -0.25) is 24.0 Å². The molecule has 0 aliphatic carbocycles. The third-order valence-electron chi connectivity index (χ3n) is 5.28. The summed E-state index contributed by atoms with van der Waals surface area (Å²) in [4.78, 5) is 63.3. The summed E-state index contributed by atoms with van der Waals surface area (Å²) in [6.45, 7) is 8.75. The second kappa shape index (κ2) is 12.7. The van der Waals surface area contributed by atoms with Crippen molar-refractivity contribution in [2.75, 3.05) is 12.4 Å². The predicted molar refractivity (Wildman–Crippen MR) is 121 cm³/mol. The number of nitrogens with one attached hydrogen (secondary N) is 3. The van der Waals surface area contributed by atoms with Crippen molar-refractivity contribution in [3.63, 3.8) is 0 Å². The van der Waals surface area contributed by atoms with Gasteiger partial charge in [0.2, 0.25) is 23.6 Å². The molecule has 0 unspecified atom stereocenters. The maximum atomic E-state index is 12.9. The third-order valence-corrected chi connectivity index (χ3v) is 5.54. The number of rotatable bonds is 11. The fourth-order valence-corrected chi connectivity index (χ4v) is 3.65. The highest BCUT2D eigenvalue weighted by molar-refractivity contribution is 6.28. The lowest BCUT2D eigenvalue weighted by molar-refractivity contribution is -0.142. The molecule has 182 valence electrons. The minimum absolute atomic E-state index is 0.175. The Balaban J connectivity index is 2.77. The molecule has 0 aromatic rings. The molecule has 4 amide bonds. The topological polar surface area (TPSA) is 151 Å². The van der Waals surface area contributed by atoms with Crippen molar-refractivity contribution in [2.24, 2.45) is 11.7 Å². The zero-order valence-corrected chi connectivity index (χ0v) is 20.2. The summed E-state index contributed by atoms with van der Waals surface area (Å²) in [5, 5.41) is 7.77. The lowest BCUT2D eigenvalue weighted by Gasteiger charge is -2.29. The van der Waals surface area contributed by atoms with E-state index in [0.29, 0.717) is 25.8 Å². The van der Waals surface area contributed by atoms with Gasteiger partial charge in [-0.1, -0.05) is 13.8 Å². The molecular weight excluding hydrogens is 438 g/mol. The number of carbonyl (C=O) groups excluding carboxylic acids is 5. The smallest absolute Gasteiger partial charge is 0.245 e. The number of hydrogen-bond donors (Lipinski definition) is 4. The van der Waals surface area contributed by atoms with E-state index in [1.807, 2.05) is 13.8 Å². The van der Waals surface area contributed by atoms with Crippen molar-refractivity contribution >= 4 is 41.0 Å². The van der Waals surface area contributed by atoms with Gasteiger partial charge >= 0.3 is 0 Å². The highest BCUT2D eigenvalue weighted by atomic mass is 35.5. The molecule has 11 heteroatoms. The Labute approximate surface area is 194 Å². The van der Waals surface area contributed by atoms with Gasteiger partial charge in [0.1, 0.15) is 18.1 Å². The molecule has 0 aromatic heterocycles. The van der Waals surface area contributed by atoms with Crippen LogP contribution in [0.15, 0.2) is 0 Å². The summed E-state index contributed by atoms with van der Waals surface area (Å²) in [6, 6.07) is -3.97. The van der Waals surface area contributed by atoms with Gasteiger partial charge in [0.15, 0.2) is 5.78 Å². The van der Waals surface area contributed by atoms with Gasteiger partial charge in [-0.2, -0.15) is 0 Å². The predicted octanol–water partition coefficient (Wildman–Crippen LogP) is -0.327. The van der Waals surface area contributed by atoms with Crippen molar-refractivity contribution in [3.05, 3.63) is 0 Å². The fourth-order valence-electron chi connectivity index (χ4n) is 3.47. The van der Waals surface area contributed by atoms with Crippen molar-refractivity contribution in [3.8, 4) is 0 Å². The number of Topliss-reactive ketones (excluding diaryl/α,β-unsaturated/α-hetero) is 1. The number of likely N-dealkylation sites (tertiary alicyclic amines) is 1. The molecule has 0 saturated carbocycles. The van der Waals surface area contributed by atoms with Gasteiger partial charge < -0.3 is 26.6 Å². The van der Waals surface area contributed by atoms with Crippen LogP contribution in [0.4, 0.5) is 0 Å². The second-order valence-corrected chi connectivity index (χ2v) is 9.00. The first-order valence-corrected chi connectivity index (χ1v) is 11.5. The molecule has 5 N–H and O–H groups in total. The van der Waals surface area contributed by atoms with Crippen LogP contribution in [-0.4, -0.2) is 76.9 Å². The van der Waals surface area contributed by atoms with Crippen LogP contribution in [0.25, 0.3) is 0 Å². The first kappa shape index (κ1) is 27.8. The number of hydrogen-bond acceptors (Lipinski definition) is 6. The second-order valence-electron chi connectivity index (χ2n) is 8.73. The first-order valence-electron chi connectivity index (χ1n) is 10.9. The minimum Gasteiger partial charge on any atom is -0.344 e. The number of amides is 4. The first-order chi connectivity index (χ1) is 14.9. The number of ketones is 1. The Morgan fingerprint density at radius 3 is 2.09 bits per heavy atom. The van der Waals surface area contributed by atoms with Gasteiger partial charge in [0, 0.05) is 6.54 Å². The van der Waals surface area contributed by atoms with E-state index in [2.05, 4.69) is 16.0 Å². The van der Waals surface area contributed by atoms with E-state index in [1.165, 1.54) is 25.7 Å². The Hall–Kier alpha value is -2.20. The SMILES string of the molecule is CC(C)C[C@H](NC(=O)[C@@H]1CCCN1C(=O)[C@H](C)NC(=O)[C@@H](C)NC(=O)[C@H](C)N)C(=O)CCl. The third kappa shape index (κ3) is 8.05. The lowest BCUT2D eigenvalue weighted by atomic mass is 10.0. The zero-order valence-electron chi connectivity index (χ0n) is 19.4. The molecule has 0 radical (unpaired) electrons. The van der Waals surface area contributed by atoms with Crippen LogP contribution in [-0.2, 0) is 24.0 Å². The number of nitrogens with zero attached hydrogens (tertiary/aromatic N) is 1. The zero-order chi connectivity index (χ0) is 24.6. The molecule has 1 aliphatic heterocycles. The highest BCUT2D eigenvalue weighted by Crippen LogP contribution is 2.19. The average Bonchev–Trinajstić information content (AvgIpc) is 3.21. The maximum Gasteiger partial charge on any atom is 0.245 e. The Bertz CT molecular complexity index is 715. The number of carbonyl (C=O) groups is 5. The van der Waals surface area contributed by atoms with E-state index < -0.39 is 53.8 Å². The summed E-state index contributed by atoms with van der Waals surface area (Å²) in [7, 11) is 0. The van der Waals surface area contributed by atoms with Gasteiger partial charge in [0.05, 0.1) is 18.0 Å². The average molecular weight is 474 g/mol. The standard InChI is InChI=1S/C21H36ClN5O5/c1-11(2)9-15(17(28)10-22)26-20(31)16-7-6-8-27(16)21(32)14(5)25-19(30)13(4)24-18(29)12(3)23/h11-16H,6-10,23H2,1-5H3,(H,24,29)(H,25,30)(H,26,31)/t12-,13+,14-,15-,16-/m0/s1. The molecule has 1 saturated heterocycles. The van der Waals surface area contributed by atoms with Crippen LogP contribution in [0, 0.1) is 5.92 Å². The Morgan fingerprint density at radius 2 is 1.56 bits per heavy atom. The Kier molecular flexibility index (Phi) is 11.1. The van der Waals surface area contributed by atoms with Crippen molar-refractivity contribution in [2.45, 2.75) is 84.1 Å². The molecule has 0 aromatic carbocycles. The van der Waals surface area contributed by atoms with Crippen LogP contribution < -0.4 is 21.7 Å². The van der Waals surface area contributed by atoms with Crippen LogP contribution in [0.2, 0.25) is 0 Å². The highest BCUT2D eigenvalue weighted by Gasteiger charge is 2.38. The quantitative estimate of drug-likeness (QED) is 0.302. The molecule has 1 rings (SSSR count). The van der Waals surface area contributed by atoms with Crippen molar-refractivity contribution < 1.29 is 24.0 Å². The van der Waals surface area contributed by atoms with Gasteiger partial charge in [-0.25, -0.2) is 0 Å². The van der Waals surface area contributed by atoms with Crippen molar-refractivity contribution in [1.82, 2.24) is 20.9 Å². The van der Waals surface area contributed by atoms with Gasteiger partial charge in [0.25, 0.3) is 0 Å². The van der Waals surface area contributed by atoms with E-state index in [4.69, 9.17) is 17.3 Å². The molecule has 5 atom stereocenters. The molecule has 0 spiro atoms. The van der Waals surface area contributed by atoms with E-state index in [9.17, 15) is 24.0 Å². The summed E-state index contributed by atoms with van der Waals surface area (Å²) < 4.78 is 0. The van der Waals surface area contributed by atoms with E-state index >= 15 is 0 Å². The number of halogens is 1. The van der Waals surface area contributed by atoms with Crippen molar-refractivity contribution in [1.29, 1.82) is 0 Å². The largest absolute Gasteiger partial charge is 0.344 e. The Morgan fingerprint density at radius 1 is 0.969 bits per heavy atom. The van der Waals surface area contributed by atoms with E-state index in [0.717, 1.165) is 0 Å². The van der Waals surface area contributed by atoms with Crippen LogP contribution in [0.3, 0.4) is 0 Å². The van der Waals surface area contributed by atoms with Gasteiger partial charge in [-0.15, -0.1) is 11.6 Å². The summed E-state index contributed by atoms with van der Waals surface area (Å²) in [5.74, 6) is -2.13. The van der Waals surface area contributed by atoms with Gasteiger partial charge in [-0.05, 0) is 46.0 Å². The molecule has 10 nitrogen and oxygen atoms in total. The minimum atomic E-state index is -0.901. The lowest BCUT2D eigenvalue weighted by Crippen LogP contribution is -2.57.